The third-order valence-corrected chi connectivity index (χ3v) is 4.14. The summed E-state index contributed by atoms with van der Waals surface area (Å²) in [6.07, 6.45) is -0.825. The molecule has 1 aromatic heterocycles. The van der Waals surface area contributed by atoms with E-state index in [2.05, 4.69) is 15.9 Å². The second-order valence-electron chi connectivity index (χ2n) is 4.76. The topological polar surface area (TPSA) is 33.4 Å². The van der Waals surface area contributed by atoms with E-state index in [9.17, 15) is 5.11 Å². The van der Waals surface area contributed by atoms with Crippen LogP contribution in [0, 0.1) is 6.92 Å². The fourth-order valence-corrected chi connectivity index (χ4v) is 3.09. The second-order valence-corrected chi connectivity index (χ2v) is 6.05. The van der Waals surface area contributed by atoms with Crippen molar-refractivity contribution in [1.82, 2.24) is 0 Å². The molecule has 0 fully saturated rings. The van der Waals surface area contributed by atoms with Crippen LogP contribution in [0.4, 0.5) is 0 Å². The van der Waals surface area contributed by atoms with Gasteiger partial charge in [-0.15, -0.1) is 0 Å². The van der Waals surface area contributed by atoms with Crippen molar-refractivity contribution < 1.29 is 9.52 Å². The summed E-state index contributed by atoms with van der Waals surface area (Å²) in [5.41, 5.74) is 2.66. The van der Waals surface area contributed by atoms with E-state index < -0.39 is 6.10 Å². The van der Waals surface area contributed by atoms with Gasteiger partial charge in [-0.1, -0.05) is 45.2 Å². The van der Waals surface area contributed by atoms with Crippen molar-refractivity contribution in [2.45, 2.75) is 13.0 Å². The number of hydrogen-bond donors (Lipinski definition) is 1. The molecule has 0 bridgehead atoms. The zero-order valence-corrected chi connectivity index (χ0v) is 13.1. The predicted molar refractivity (Wildman–Crippen MR) is 84.2 cm³/mol. The van der Waals surface area contributed by atoms with Gasteiger partial charge in [0.25, 0.3) is 0 Å². The quantitative estimate of drug-likeness (QED) is 0.685. The first-order valence-electron chi connectivity index (χ1n) is 6.18. The third kappa shape index (κ3) is 2.49. The zero-order chi connectivity index (χ0) is 14.3. The molecule has 3 rings (SSSR count). The van der Waals surface area contributed by atoms with Gasteiger partial charge in [-0.25, -0.2) is 0 Å². The summed E-state index contributed by atoms with van der Waals surface area (Å²) in [7, 11) is 0. The van der Waals surface area contributed by atoms with Crippen molar-refractivity contribution >= 4 is 38.5 Å². The minimum atomic E-state index is -0.825. The van der Waals surface area contributed by atoms with E-state index in [1.807, 2.05) is 31.2 Å². The average molecular weight is 352 g/mol. The molecule has 0 aliphatic carbocycles. The smallest absolute Gasteiger partial charge is 0.138 e. The van der Waals surface area contributed by atoms with Gasteiger partial charge in [-0.3, -0.25) is 0 Å². The molecule has 0 saturated heterocycles. The number of furan rings is 1. The van der Waals surface area contributed by atoms with Gasteiger partial charge in [-0.2, -0.15) is 0 Å². The molecule has 20 heavy (non-hydrogen) atoms. The molecule has 1 N–H and O–H groups in total. The lowest BCUT2D eigenvalue weighted by Gasteiger charge is -2.10. The molecule has 1 heterocycles. The lowest BCUT2D eigenvalue weighted by molar-refractivity contribution is 0.191. The zero-order valence-electron chi connectivity index (χ0n) is 10.7. The summed E-state index contributed by atoms with van der Waals surface area (Å²) < 4.78 is 6.48. The van der Waals surface area contributed by atoms with Crippen molar-refractivity contribution in [3.05, 3.63) is 68.8 Å². The summed E-state index contributed by atoms with van der Waals surface area (Å²) in [4.78, 5) is 0. The highest BCUT2D eigenvalue weighted by atomic mass is 79.9. The number of aliphatic hydroxyl groups excluding tert-OH is 1. The maximum atomic E-state index is 10.5. The average Bonchev–Trinajstić information content (AvgIpc) is 2.81. The molecule has 2 aromatic carbocycles. The van der Waals surface area contributed by atoms with Crippen LogP contribution in [0.3, 0.4) is 0 Å². The predicted octanol–water partition coefficient (Wildman–Crippen LogP) is 5.24. The number of halogens is 2. The van der Waals surface area contributed by atoms with Crippen LogP contribution in [0.1, 0.15) is 23.0 Å². The normalized spacial score (nSPS) is 12.8. The van der Waals surface area contributed by atoms with Crippen LogP contribution in [0.15, 0.2) is 51.4 Å². The summed E-state index contributed by atoms with van der Waals surface area (Å²) in [5.74, 6) is 0.522. The second kappa shape index (κ2) is 5.24. The highest BCUT2D eigenvalue weighted by molar-refractivity contribution is 9.10. The Hall–Kier alpha value is -1.29. The maximum absolute atomic E-state index is 10.5. The Balaban J connectivity index is 2.05. The molecule has 1 atom stereocenters. The largest absolute Gasteiger partial charge is 0.458 e. The standard InChI is InChI=1S/C16H12BrClO2/c1-9-2-5-14-10(6-9)7-15(20-14)16(19)12-4-3-11(18)8-13(12)17/h2-8,16,19H,1H3. The van der Waals surface area contributed by atoms with E-state index in [1.165, 1.54) is 0 Å². The van der Waals surface area contributed by atoms with Crippen LogP contribution in [0.5, 0.6) is 0 Å². The van der Waals surface area contributed by atoms with E-state index in [0.717, 1.165) is 26.6 Å². The van der Waals surface area contributed by atoms with E-state index in [0.29, 0.717) is 10.8 Å². The molecule has 4 heteroatoms. The molecule has 102 valence electrons. The van der Waals surface area contributed by atoms with E-state index in [1.54, 1.807) is 18.2 Å². The lowest BCUT2D eigenvalue weighted by Crippen LogP contribution is -1.98. The Bertz CT molecular complexity index is 779. The Morgan fingerprint density at radius 3 is 2.70 bits per heavy atom. The number of benzene rings is 2. The van der Waals surface area contributed by atoms with Crippen LogP contribution in [0.2, 0.25) is 5.02 Å². The van der Waals surface area contributed by atoms with Crippen LogP contribution >= 0.6 is 27.5 Å². The monoisotopic (exact) mass is 350 g/mol. The van der Waals surface area contributed by atoms with Crippen molar-refractivity contribution in [3.8, 4) is 0 Å². The van der Waals surface area contributed by atoms with E-state index in [-0.39, 0.29) is 0 Å². The molecular weight excluding hydrogens is 340 g/mol. The summed E-state index contributed by atoms with van der Waals surface area (Å²) in [6, 6.07) is 13.1. The summed E-state index contributed by atoms with van der Waals surface area (Å²) >= 11 is 9.33. The van der Waals surface area contributed by atoms with Gasteiger partial charge in [0.15, 0.2) is 0 Å². The molecule has 3 aromatic rings. The van der Waals surface area contributed by atoms with Gasteiger partial charge >= 0.3 is 0 Å². The van der Waals surface area contributed by atoms with Crippen molar-refractivity contribution in [2.24, 2.45) is 0 Å². The van der Waals surface area contributed by atoms with Crippen LogP contribution in [0.25, 0.3) is 11.0 Å². The number of aliphatic hydroxyl groups is 1. The van der Waals surface area contributed by atoms with Crippen LogP contribution < -0.4 is 0 Å². The maximum Gasteiger partial charge on any atom is 0.138 e. The first kappa shape index (κ1) is 13.7. The third-order valence-electron chi connectivity index (χ3n) is 3.22. The molecule has 0 radical (unpaired) electrons. The highest BCUT2D eigenvalue weighted by Crippen LogP contribution is 2.33. The minimum Gasteiger partial charge on any atom is -0.458 e. The number of aryl methyl sites for hydroxylation is 1. The van der Waals surface area contributed by atoms with E-state index >= 15 is 0 Å². The van der Waals surface area contributed by atoms with Crippen molar-refractivity contribution in [2.75, 3.05) is 0 Å². The number of fused-ring (bicyclic) bond motifs is 1. The fourth-order valence-electron chi connectivity index (χ4n) is 2.19. The molecule has 0 aliphatic rings. The number of hydrogen-bond acceptors (Lipinski definition) is 2. The first-order valence-corrected chi connectivity index (χ1v) is 7.35. The Morgan fingerprint density at radius 2 is 1.95 bits per heavy atom. The van der Waals surface area contributed by atoms with Crippen molar-refractivity contribution in [1.29, 1.82) is 0 Å². The fraction of sp³-hybridized carbons (Fsp3) is 0.125. The number of rotatable bonds is 2. The van der Waals surface area contributed by atoms with Gasteiger partial charge < -0.3 is 9.52 Å². The summed E-state index contributed by atoms with van der Waals surface area (Å²) in [5, 5.41) is 12.1. The van der Waals surface area contributed by atoms with Crippen LogP contribution in [-0.2, 0) is 0 Å². The van der Waals surface area contributed by atoms with Gasteiger partial charge in [0, 0.05) is 20.4 Å². The molecule has 2 nitrogen and oxygen atoms in total. The van der Waals surface area contributed by atoms with Gasteiger partial charge in [0.1, 0.15) is 17.4 Å². The minimum absolute atomic E-state index is 0.522. The SMILES string of the molecule is Cc1ccc2oc(C(O)c3ccc(Cl)cc3Br)cc2c1. The Labute approximate surface area is 130 Å². The van der Waals surface area contributed by atoms with Crippen LogP contribution in [-0.4, -0.2) is 5.11 Å². The highest BCUT2D eigenvalue weighted by Gasteiger charge is 2.18. The molecule has 0 spiro atoms. The molecular formula is C16H12BrClO2. The Kier molecular flexibility index (Phi) is 3.59. The lowest BCUT2D eigenvalue weighted by atomic mass is 10.1. The van der Waals surface area contributed by atoms with Crippen molar-refractivity contribution in [3.63, 3.8) is 0 Å². The Morgan fingerprint density at radius 1 is 1.15 bits per heavy atom. The molecule has 0 amide bonds. The summed E-state index contributed by atoms with van der Waals surface area (Å²) in [6.45, 7) is 2.03. The van der Waals surface area contributed by atoms with Gasteiger partial charge in [0.2, 0.25) is 0 Å². The van der Waals surface area contributed by atoms with E-state index in [4.69, 9.17) is 16.0 Å². The van der Waals surface area contributed by atoms with Gasteiger partial charge in [-0.05, 0) is 37.3 Å². The molecule has 0 aliphatic heterocycles. The molecule has 1 unspecified atom stereocenters. The van der Waals surface area contributed by atoms with Gasteiger partial charge in [0.05, 0.1) is 0 Å². The molecule has 0 saturated carbocycles. The first-order chi connectivity index (χ1) is 9.54.